The minimum absolute atomic E-state index is 0.130. The highest BCUT2D eigenvalue weighted by Crippen LogP contribution is 2.54. The number of aliphatic imine (C=N–C) groups is 1. The molecule has 0 N–H and O–H groups in total. The third-order valence-electron chi connectivity index (χ3n) is 7.31. The first-order chi connectivity index (χ1) is 17.3. The molecule has 0 fully saturated rings. The van der Waals surface area contributed by atoms with Crippen molar-refractivity contribution in [1.82, 2.24) is 4.90 Å². The summed E-state index contributed by atoms with van der Waals surface area (Å²) in [7, 11) is 0. The van der Waals surface area contributed by atoms with Gasteiger partial charge in [-0.2, -0.15) is 0 Å². The van der Waals surface area contributed by atoms with Gasteiger partial charge in [0.15, 0.2) is 0 Å². The van der Waals surface area contributed by atoms with Gasteiger partial charge < -0.3 is 4.74 Å². The van der Waals surface area contributed by atoms with E-state index in [2.05, 4.69) is 20.8 Å². The van der Waals surface area contributed by atoms with Crippen molar-refractivity contribution >= 4 is 22.8 Å². The standard InChI is InChI=1S/C30H31ClF2N2O2/c1-7-37-25-18-21(28(2,3)4)12-17-24(25)26-34-29(5,19-8-13-22(32)14-9-19)30(6,35(26)27(31)36)20-10-15-23(33)16-11-20/h8-18H,7H2,1-6H3/t29-,30-/m0/s1. The van der Waals surface area contributed by atoms with Gasteiger partial charge in [-0.15, -0.1) is 0 Å². The van der Waals surface area contributed by atoms with E-state index >= 15 is 0 Å². The minimum atomic E-state index is -1.18. The first-order valence-electron chi connectivity index (χ1n) is 12.2. The third-order valence-corrected chi connectivity index (χ3v) is 7.48. The first-order valence-corrected chi connectivity index (χ1v) is 12.6. The Bertz CT molecular complexity index is 1350. The lowest BCUT2D eigenvalue weighted by atomic mass is 9.71. The van der Waals surface area contributed by atoms with Gasteiger partial charge in [-0.1, -0.05) is 51.1 Å². The Hall–Kier alpha value is -3.25. The number of benzene rings is 3. The van der Waals surface area contributed by atoms with Crippen molar-refractivity contribution in [3.8, 4) is 5.75 Å². The fraction of sp³-hybridized carbons (Fsp3) is 0.333. The minimum Gasteiger partial charge on any atom is -0.493 e. The molecule has 0 aromatic heterocycles. The molecule has 1 aliphatic rings. The van der Waals surface area contributed by atoms with Gasteiger partial charge >= 0.3 is 5.37 Å². The Morgan fingerprint density at radius 1 is 0.946 bits per heavy atom. The van der Waals surface area contributed by atoms with Gasteiger partial charge in [0.05, 0.1) is 12.2 Å². The van der Waals surface area contributed by atoms with E-state index in [1.807, 2.05) is 39.0 Å². The van der Waals surface area contributed by atoms with Gasteiger partial charge in [-0.3, -0.25) is 14.7 Å². The van der Waals surface area contributed by atoms with Gasteiger partial charge in [-0.05, 0) is 90.9 Å². The molecule has 0 spiro atoms. The molecule has 0 radical (unpaired) electrons. The van der Waals surface area contributed by atoms with Crippen molar-refractivity contribution in [3.63, 3.8) is 0 Å². The van der Waals surface area contributed by atoms with Crippen LogP contribution in [0.2, 0.25) is 0 Å². The number of nitrogens with zero attached hydrogens (tertiary/aromatic N) is 2. The van der Waals surface area contributed by atoms with Gasteiger partial charge in [0.2, 0.25) is 0 Å². The van der Waals surface area contributed by atoms with Crippen molar-refractivity contribution in [2.75, 3.05) is 6.61 Å². The number of carbonyl (C=O) groups is 1. The second kappa shape index (κ2) is 9.56. The molecule has 0 saturated carbocycles. The van der Waals surface area contributed by atoms with Gasteiger partial charge in [0.25, 0.3) is 0 Å². The molecular formula is C30H31ClF2N2O2. The second-order valence-corrected chi connectivity index (χ2v) is 10.9. The molecule has 194 valence electrons. The topological polar surface area (TPSA) is 41.9 Å². The molecule has 0 bridgehead atoms. The number of hydrogen-bond donors (Lipinski definition) is 0. The summed E-state index contributed by atoms with van der Waals surface area (Å²) in [5.74, 6) is 0.0961. The molecule has 2 atom stereocenters. The highest BCUT2D eigenvalue weighted by Gasteiger charge is 2.59. The van der Waals surface area contributed by atoms with E-state index < -0.39 is 22.3 Å². The van der Waals surface area contributed by atoms with Crippen molar-refractivity contribution in [2.45, 2.75) is 58.0 Å². The third kappa shape index (κ3) is 4.52. The molecule has 4 rings (SSSR count). The Balaban J connectivity index is 2.03. The van der Waals surface area contributed by atoms with Crippen molar-refractivity contribution in [3.05, 3.63) is 101 Å². The van der Waals surface area contributed by atoms with Crippen LogP contribution in [0.15, 0.2) is 71.7 Å². The number of ether oxygens (including phenoxy) is 1. The fourth-order valence-electron chi connectivity index (χ4n) is 4.99. The van der Waals surface area contributed by atoms with Crippen molar-refractivity contribution < 1.29 is 18.3 Å². The summed E-state index contributed by atoms with van der Waals surface area (Å²) in [6, 6.07) is 17.8. The van der Waals surface area contributed by atoms with Gasteiger partial charge in [0.1, 0.15) is 34.3 Å². The molecule has 1 amide bonds. The molecule has 1 aliphatic heterocycles. The Labute approximate surface area is 221 Å². The number of amides is 1. The van der Waals surface area contributed by atoms with Crippen LogP contribution in [0.5, 0.6) is 5.75 Å². The highest BCUT2D eigenvalue weighted by molar-refractivity contribution is 6.64. The molecule has 1 heterocycles. The predicted octanol–water partition coefficient (Wildman–Crippen LogP) is 7.91. The van der Waals surface area contributed by atoms with Crippen LogP contribution in [0, 0.1) is 11.6 Å². The zero-order valence-electron chi connectivity index (χ0n) is 21.9. The molecular weight excluding hydrogens is 494 g/mol. The molecule has 0 unspecified atom stereocenters. The molecule has 3 aromatic rings. The van der Waals surface area contributed by atoms with E-state index in [4.69, 9.17) is 21.3 Å². The van der Waals surface area contributed by atoms with E-state index in [1.165, 1.54) is 29.2 Å². The van der Waals surface area contributed by atoms with Crippen LogP contribution in [0.3, 0.4) is 0 Å². The zero-order valence-corrected chi connectivity index (χ0v) is 22.7. The summed E-state index contributed by atoms with van der Waals surface area (Å²) in [6.45, 7) is 12.3. The zero-order chi connectivity index (χ0) is 27.2. The molecule has 7 heteroatoms. The first kappa shape index (κ1) is 26.8. The van der Waals surface area contributed by atoms with Crippen LogP contribution in [0.4, 0.5) is 13.6 Å². The van der Waals surface area contributed by atoms with E-state index in [0.717, 1.165) is 5.56 Å². The second-order valence-electron chi connectivity index (χ2n) is 10.6. The van der Waals surface area contributed by atoms with E-state index in [0.29, 0.717) is 34.9 Å². The van der Waals surface area contributed by atoms with Gasteiger partial charge in [-0.25, -0.2) is 8.78 Å². The molecule has 0 aliphatic carbocycles. The van der Waals surface area contributed by atoms with Gasteiger partial charge in [0, 0.05) is 0 Å². The maximum Gasteiger partial charge on any atom is 0.322 e. The summed E-state index contributed by atoms with van der Waals surface area (Å²) in [6.07, 6.45) is 0. The fourth-order valence-corrected chi connectivity index (χ4v) is 5.24. The lowest BCUT2D eigenvalue weighted by Crippen LogP contribution is -2.53. The molecule has 0 saturated heterocycles. The van der Waals surface area contributed by atoms with Crippen LogP contribution in [0.25, 0.3) is 0 Å². The SMILES string of the molecule is CCOc1cc(C(C)(C)C)ccc1C1=N[C@@](C)(c2ccc(F)cc2)[C@](C)(c2ccc(F)cc2)N1C(=O)Cl. The Morgan fingerprint density at radius 3 is 1.97 bits per heavy atom. The van der Waals surface area contributed by atoms with Crippen LogP contribution >= 0.6 is 11.6 Å². The average molecular weight is 525 g/mol. The van der Waals surface area contributed by atoms with E-state index in [-0.39, 0.29) is 11.2 Å². The summed E-state index contributed by atoms with van der Waals surface area (Å²) < 4.78 is 33.9. The number of halogens is 3. The number of amidine groups is 1. The Morgan fingerprint density at radius 2 is 1.49 bits per heavy atom. The lowest BCUT2D eigenvalue weighted by Gasteiger charge is -2.44. The summed E-state index contributed by atoms with van der Waals surface area (Å²) in [5, 5.41) is -0.751. The summed E-state index contributed by atoms with van der Waals surface area (Å²) >= 11 is 6.30. The average Bonchev–Trinajstić information content (AvgIpc) is 3.08. The van der Waals surface area contributed by atoms with Crippen LogP contribution in [0.1, 0.15) is 63.8 Å². The largest absolute Gasteiger partial charge is 0.493 e. The van der Waals surface area contributed by atoms with Crippen LogP contribution < -0.4 is 4.74 Å². The number of hydrogen-bond acceptors (Lipinski definition) is 3. The maximum atomic E-state index is 13.9. The maximum absolute atomic E-state index is 13.9. The normalized spacial score (nSPS) is 21.6. The lowest BCUT2D eigenvalue weighted by molar-refractivity contribution is 0.149. The highest BCUT2D eigenvalue weighted by atomic mass is 35.5. The van der Waals surface area contributed by atoms with Crippen LogP contribution in [-0.2, 0) is 16.5 Å². The molecule has 4 nitrogen and oxygen atoms in total. The number of carbonyl (C=O) groups excluding carboxylic acids is 1. The predicted molar refractivity (Wildman–Crippen MR) is 143 cm³/mol. The summed E-state index contributed by atoms with van der Waals surface area (Å²) in [4.78, 5) is 19.7. The van der Waals surface area contributed by atoms with E-state index in [9.17, 15) is 13.6 Å². The molecule has 3 aromatic carbocycles. The van der Waals surface area contributed by atoms with Crippen molar-refractivity contribution in [1.29, 1.82) is 0 Å². The van der Waals surface area contributed by atoms with Crippen molar-refractivity contribution in [2.24, 2.45) is 4.99 Å². The summed E-state index contributed by atoms with van der Waals surface area (Å²) in [5.41, 5.74) is 0.534. The number of rotatable bonds is 5. The molecule has 37 heavy (non-hydrogen) atoms. The Kier molecular flexibility index (Phi) is 6.93. The van der Waals surface area contributed by atoms with Crippen LogP contribution in [-0.4, -0.2) is 22.7 Å². The quantitative estimate of drug-likeness (QED) is 0.251. The monoisotopic (exact) mass is 524 g/mol. The smallest absolute Gasteiger partial charge is 0.322 e. The van der Waals surface area contributed by atoms with E-state index in [1.54, 1.807) is 24.3 Å².